The lowest BCUT2D eigenvalue weighted by molar-refractivity contribution is -0.123. The maximum Gasteiger partial charge on any atom is 0.405 e. The van der Waals surface area contributed by atoms with Gasteiger partial charge in [-0.1, -0.05) is 12.1 Å². The lowest BCUT2D eigenvalue weighted by Crippen LogP contribution is -2.33. The van der Waals surface area contributed by atoms with E-state index in [9.17, 15) is 22.8 Å². The van der Waals surface area contributed by atoms with Crippen LogP contribution >= 0.6 is 0 Å². The third kappa shape index (κ3) is 6.38. The third-order valence-corrected chi connectivity index (χ3v) is 5.39. The summed E-state index contributed by atoms with van der Waals surface area (Å²) in [5.74, 6) is -0.212. The minimum absolute atomic E-state index is 0.120. The Morgan fingerprint density at radius 2 is 1.61 bits per heavy atom. The molecule has 2 aromatic carbocycles. The Bertz CT molecular complexity index is 1450. The van der Waals surface area contributed by atoms with Gasteiger partial charge in [-0.3, -0.25) is 9.59 Å². The zero-order chi connectivity index (χ0) is 27.3. The van der Waals surface area contributed by atoms with Crippen LogP contribution in [-0.2, 0) is 0 Å². The molecule has 0 bridgehead atoms. The second-order valence-corrected chi connectivity index (χ2v) is 8.16. The number of amides is 2. The van der Waals surface area contributed by atoms with Gasteiger partial charge in [0, 0.05) is 29.4 Å². The number of carbonyl (C=O) groups is 2. The van der Waals surface area contributed by atoms with Gasteiger partial charge < -0.3 is 20.7 Å². The molecule has 12 heteroatoms. The van der Waals surface area contributed by atoms with E-state index in [4.69, 9.17) is 4.74 Å². The van der Waals surface area contributed by atoms with E-state index in [1.807, 2.05) is 25.2 Å². The zero-order valence-electron chi connectivity index (χ0n) is 20.6. The first kappa shape index (κ1) is 26.5. The fourth-order valence-electron chi connectivity index (χ4n) is 3.63. The summed E-state index contributed by atoms with van der Waals surface area (Å²) in [5, 5.41) is 12.2. The van der Waals surface area contributed by atoms with E-state index in [1.54, 1.807) is 47.1 Å². The number of halogens is 3. The molecule has 0 aliphatic carbocycles. The van der Waals surface area contributed by atoms with Gasteiger partial charge >= 0.3 is 6.18 Å². The third-order valence-electron chi connectivity index (χ3n) is 5.39. The Balaban J connectivity index is 1.52. The SMILES string of the molecule is CCNC(=O)c1ccc(Nc2nc3ccc(-c4ccc(C(=O)NCC(F)(F)F)cc4)cn3n2)c(OCC)c1. The summed E-state index contributed by atoms with van der Waals surface area (Å²) >= 11 is 0. The van der Waals surface area contributed by atoms with Gasteiger partial charge in [-0.25, -0.2) is 4.52 Å². The molecule has 3 N–H and O–H groups in total. The van der Waals surface area contributed by atoms with Crippen molar-refractivity contribution >= 4 is 29.1 Å². The zero-order valence-corrected chi connectivity index (χ0v) is 20.6. The summed E-state index contributed by atoms with van der Waals surface area (Å²) in [7, 11) is 0. The van der Waals surface area contributed by atoms with Crippen molar-refractivity contribution in [2.45, 2.75) is 20.0 Å². The van der Waals surface area contributed by atoms with Crippen LogP contribution in [0.5, 0.6) is 5.75 Å². The molecule has 2 heterocycles. The Labute approximate surface area is 216 Å². The molecule has 0 radical (unpaired) electrons. The molecule has 0 saturated heterocycles. The molecule has 4 aromatic rings. The molecule has 38 heavy (non-hydrogen) atoms. The molecular formula is C26H25F3N6O3. The summed E-state index contributed by atoms with van der Waals surface area (Å²) in [6, 6.07) is 14.8. The number of nitrogens with one attached hydrogen (secondary N) is 3. The second-order valence-electron chi connectivity index (χ2n) is 8.16. The van der Waals surface area contributed by atoms with E-state index in [-0.39, 0.29) is 11.5 Å². The van der Waals surface area contributed by atoms with Gasteiger partial charge in [-0.05, 0) is 61.9 Å². The maximum absolute atomic E-state index is 12.3. The van der Waals surface area contributed by atoms with Crippen LogP contribution in [0.3, 0.4) is 0 Å². The average Bonchev–Trinajstić information content (AvgIpc) is 3.30. The number of nitrogens with zero attached hydrogens (tertiary/aromatic N) is 3. The Morgan fingerprint density at radius 1 is 0.921 bits per heavy atom. The molecule has 0 aliphatic rings. The van der Waals surface area contributed by atoms with Crippen LogP contribution < -0.4 is 20.7 Å². The topological polar surface area (TPSA) is 110 Å². The lowest BCUT2D eigenvalue weighted by atomic mass is 10.1. The molecule has 0 unspecified atom stereocenters. The van der Waals surface area contributed by atoms with Gasteiger partial charge in [0.2, 0.25) is 5.95 Å². The van der Waals surface area contributed by atoms with Crippen LogP contribution in [0.1, 0.15) is 34.6 Å². The maximum atomic E-state index is 12.3. The summed E-state index contributed by atoms with van der Waals surface area (Å²) < 4.78 is 44.3. The molecule has 0 aliphatic heterocycles. The number of hydrogen-bond donors (Lipinski definition) is 3. The Morgan fingerprint density at radius 3 is 2.29 bits per heavy atom. The summed E-state index contributed by atoms with van der Waals surface area (Å²) in [6.07, 6.45) is -2.73. The van der Waals surface area contributed by atoms with E-state index in [1.165, 1.54) is 12.1 Å². The van der Waals surface area contributed by atoms with Gasteiger partial charge in [0.15, 0.2) is 5.65 Å². The van der Waals surface area contributed by atoms with Crippen molar-refractivity contribution in [3.05, 3.63) is 71.9 Å². The molecular weight excluding hydrogens is 501 g/mol. The van der Waals surface area contributed by atoms with Crippen LogP contribution in [-0.4, -0.2) is 52.3 Å². The highest BCUT2D eigenvalue weighted by Crippen LogP contribution is 2.29. The van der Waals surface area contributed by atoms with Crippen LogP contribution in [0, 0.1) is 0 Å². The summed E-state index contributed by atoms with van der Waals surface area (Å²) in [6.45, 7) is 3.20. The molecule has 2 amide bonds. The molecule has 0 atom stereocenters. The lowest BCUT2D eigenvalue weighted by Gasteiger charge is -2.12. The number of rotatable bonds is 9. The molecule has 198 valence electrons. The minimum atomic E-state index is -4.48. The molecule has 0 spiro atoms. The highest BCUT2D eigenvalue weighted by atomic mass is 19.4. The van der Waals surface area contributed by atoms with Gasteiger partial charge in [0.25, 0.3) is 11.8 Å². The number of aromatic nitrogens is 3. The van der Waals surface area contributed by atoms with Gasteiger partial charge in [-0.2, -0.15) is 18.2 Å². The quantitative estimate of drug-likeness (QED) is 0.295. The van der Waals surface area contributed by atoms with Crippen molar-refractivity contribution in [3.63, 3.8) is 0 Å². The Kier molecular flexibility index (Phi) is 7.79. The van der Waals surface area contributed by atoms with Gasteiger partial charge in [-0.15, -0.1) is 5.10 Å². The first-order valence-electron chi connectivity index (χ1n) is 11.8. The minimum Gasteiger partial charge on any atom is -0.492 e. The molecule has 0 fully saturated rings. The molecule has 9 nitrogen and oxygen atoms in total. The van der Waals surface area contributed by atoms with Crippen LogP contribution in [0.25, 0.3) is 16.8 Å². The van der Waals surface area contributed by atoms with Crippen LogP contribution in [0.4, 0.5) is 24.8 Å². The Hall–Kier alpha value is -4.61. The van der Waals surface area contributed by atoms with E-state index in [0.29, 0.717) is 41.7 Å². The van der Waals surface area contributed by atoms with Crippen molar-refractivity contribution in [1.29, 1.82) is 0 Å². The normalized spacial score (nSPS) is 11.3. The van der Waals surface area contributed by atoms with Crippen molar-refractivity contribution in [3.8, 4) is 16.9 Å². The van der Waals surface area contributed by atoms with E-state index in [2.05, 4.69) is 20.7 Å². The number of hydrogen-bond acceptors (Lipinski definition) is 6. The van der Waals surface area contributed by atoms with Gasteiger partial charge in [0.1, 0.15) is 12.3 Å². The second kappa shape index (κ2) is 11.2. The number of alkyl halides is 3. The average molecular weight is 527 g/mol. The molecule has 4 rings (SSSR count). The van der Waals surface area contributed by atoms with E-state index >= 15 is 0 Å². The molecule has 0 saturated carbocycles. The number of ether oxygens (including phenoxy) is 1. The van der Waals surface area contributed by atoms with Crippen molar-refractivity contribution in [1.82, 2.24) is 25.2 Å². The highest BCUT2D eigenvalue weighted by molar-refractivity contribution is 5.95. The number of benzene rings is 2. The number of pyridine rings is 1. The summed E-state index contributed by atoms with van der Waals surface area (Å²) in [4.78, 5) is 28.6. The first-order valence-corrected chi connectivity index (χ1v) is 11.8. The first-order chi connectivity index (χ1) is 18.2. The fraction of sp³-hybridized carbons (Fsp3) is 0.231. The largest absolute Gasteiger partial charge is 0.492 e. The molecule has 2 aromatic heterocycles. The van der Waals surface area contributed by atoms with E-state index in [0.717, 1.165) is 11.1 Å². The number of fused-ring (bicyclic) bond motifs is 1. The highest BCUT2D eigenvalue weighted by Gasteiger charge is 2.27. The van der Waals surface area contributed by atoms with Crippen LogP contribution in [0.15, 0.2) is 60.8 Å². The number of carbonyl (C=O) groups excluding carboxylic acids is 2. The van der Waals surface area contributed by atoms with Crippen molar-refractivity contribution in [2.75, 3.05) is 25.0 Å². The van der Waals surface area contributed by atoms with Gasteiger partial charge in [0.05, 0.1) is 12.3 Å². The van der Waals surface area contributed by atoms with Crippen molar-refractivity contribution in [2.24, 2.45) is 0 Å². The predicted molar refractivity (Wildman–Crippen MR) is 136 cm³/mol. The van der Waals surface area contributed by atoms with Crippen LogP contribution in [0.2, 0.25) is 0 Å². The smallest absolute Gasteiger partial charge is 0.405 e. The van der Waals surface area contributed by atoms with E-state index < -0.39 is 18.6 Å². The fourth-order valence-corrected chi connectivity index (χ4v) is 3.63. The predicted octanol–water partition coefficient (Wildman–Crippen LogP) is 4.58. The summed E-state index contributed by atoms with van der Waals surface area (Å²) in [5.41, 5.74) is 3.25. The standard InChI is InChI=1S/C26H25F3N6O3/c1-3-30-24(37)18-9-11-20(21(13-18)38-4-2)32-25-33-22-12-10-19(14-35(22)34-25)16-5-7-17(8-6-16)23(36)31-15-26(27,28)29/h5-14H,3-4,15H2,1-2H3,(H,30,37)(H,31,36)(H,32,34). The number of anilines is 2. The van der Waals surface area contributed by atoms with Crippen molar-refractivity contribution < 1.29 is 27.5 Å². The monoisotopic (exact) mass is 526 g/mol.